The summed E-state index contributed by atoms with van der Waals surface area (Å²) in [5.74, 6) is 0.179. The minimum Gasteiger partial charge on any atom is -0.497 e. The highest BCUT2D eigenvalue weighted by molar-refractivity contribution is 6.13. The first-order valence-corrected chi connectivity index (χ1v) is 6.73. The van der Waals surface area contributed by atoms with Crippen LogP contribution in [0, 0.1) is 12.7 Å². The van der Waals surface area contributed by atoms with Gasteiger partial charge in [-0.15, -0.1) is 0 Å². The van der Waals surface area contributed by atoms with Crippen molar-refractivity contribution in [2.24, 2.45) is 0 Å². The van der Waals surface area contributed by atoms with E-state index in [1.54, 1.807) is 44.4 Å². The minimum atomic E-state index is -0.487. The lowest BCUT2D eigenvalue weighted by atomic mass is 10.1. The molecule has 5 heteroatoms. The quantitative estimate of drug-likeness (QED) is 0.790. The third kappa shape index (κ3) is 2.41. The van der Waals surface area contributed by atoms with Crippen LogP contribution in [-0.4, -0.2) is 13.0 Å². The van der Waals surface area contributed by atoms with Gasteiger partial charge in [0.2, 0.25) is 0 Å². The second-order valence-corrected chi connectivity index (χ2v) is 4.83. The molecule has 1 amide bonds. The number of hydrogen-bond acceptors (Lipinski definition) is 3. The van der Waals surface area contributed by atoms with Gasteiger partial charge in [0.25, 0.3) is 5.91 Å². The number of methoxy groups -OCH3 is 1. The van der Waals surface area contributed by atoms with Crippen molar-refractivity contribution in [1.82, 2.24) is 0 Å². The summed E-state index contributed by atoms with van der Waals surface area (Å²) < 4.78 is 24.4. The number of fused-ring (bicyclic) bond motifs is 1. The summed E-state index contributed by atoms with van der Waals surface area (Å²) in [5, 5.41) is 3.20. The van der Waals surface area contributed by atoms with Gasteiger partial charge < -0.3 is 14.5 Å². The average molecular weight is 299 g/mol. The molecule has 0 saturated heterocycles. The number of benzene rings is 2. The van der Waals surface area contributed by atoms with E-state index in [2.05, 4.69) is 5.32 Å². The first-order valence-electron chi connectivity index (χ1n) is 6.73. The van der Waals surface area contributed by atoms with Gasteiger partial charge in [0.05, 0.1) is 18.4 Å². The zero-order valence-electron chi connectivity index (χ0n) is 12.1. The molecular weight excluding hydrogens is 285 g/mol. The summed E-state index contributed by atoms with van der Waals surface area (Å²) >= 11 is 0. The summed E-state index contributed by atoms with van der Waals surface area (Å²) in [6, 6.07) is 11.2. The molecule has 0 atom stereocenters. The van der Waals surface area contributed by atoms with E-state index in [0.29, 0.717) is 28.0 Å². The van der Waals surface area contributed by atoms with Crippen LogP contribution in [0.4, 0.5) is 10.1 Å². The van der Waals surface area contributed by atoms with Gasteiger partial charge in [-0.25, -0.2) is 4.39 Å². The Bertz CT molecular complexity index is 854. The molecule has 0 aliphatic carbocycles. The van der Waals surface area contributed by atoms with E-state index < -0.39 is 11.7 Å². The molecule has 0 spiro atoms. The molecule has 3 aromatic rings. The number of carbonyl (C=O) groups is 1. The van der Waals surface area contributed by atoms with Crippen LogP contribution in [0.5, 0.6) is 5.75 Å². The minimum absolute atomic E-state index is 0.129. The van der Waals surface area contributed by atoms with Crippen LogP contribution in [-0.2, 0) is 0 Å². The largest absolute Gasteiger partial charge is 0.497 e. The fourth-order valence-electron chi connectivity index (χ4n) is 2.36. The smallest absolute Gasteiger partial charge is 0.259 e. The third-order valence-electron chi connectivity index (χ3n) is 3.42. The number of anilines is 1. The van der Waals surface area contributed by atoms with Gasteiger partial charge in [0.15, 0.2) is 0 Å². The molecule has 2 aromatic carbocycles. The Balaban J connectivity index is 2.03. The zero-order valence-corrected chi connectivity index (χ0v) is 12.1. The monoisotopic (exact) mass is 299 g/mol. The summed E-state index contributed by atoms with van der Waals surface area (Å²) in [7, 11) is 1.55. The Kier molecular flexibility index (Phi) is 3.55. The number of rotatable bonds is 3. The topological polar surface area (TPSA) is 51.5 Å². The molecule has 0 unspecified atom stereocenters. The van der Waals surface area contributed by atoms with E-state index in [1.807, 2.05) is 0 Å². The fourth-order valence-corrected chi connectivity index (χ4v) is 2.36. The van der Waals surface area contributed by atoms with Crippen LogP contribution in [0.25, 0.3) is 11.0 Å². The van der Waals surface area contributed by atoms with Crippen molar-refractivity contribution in [2.75, 3.05) is 12.4 Å². The van der Waals surface area contributed by atoms with Crippen LogP contribution in [0.1, 0.15) is 16.1 Å². The number of carbonyl (C=O) groups excluding carboxylic acids is 1. The maximum Gasteiger partial charge on any atom is 0.259 e. The summed E-state index contributed by atoms with van der Waals surface area (Å²) in [6.07, 6.45) is 0. The van der Waals surface area contributed by atoms with Gasteiger partial charge in [-0.2, -0.15) is 0 Å². The van der Waals surface area contributed by atoms with Crippen molar-refractivity contribution in [3.63, 3.8) is 0 Å². The number of amides is 1. The molecule has 1 aromatic heterocycles. The van der Waals surface area contributed by atoms with E-state index >= 15 is 0 Å². The van der Waals surface area contributed by atoms with Crippen LogP contribution in [0.3, 0.4) is 0 Å². The number of para-hydroxylation sites is 1. The molecule has 4 nitrogen and oxygen atoms in total. The SMILES string of the molecule is COc1ccc2oc(C)c(C(=O)Nc3ccccc3F)c2c1. The van der Waals surface area contributed by atoms with Crippen LogP contribution in [0.2, 0.25) is 0 Å². The maximum atomic E-state index is 13.7. The van der Waals surface area contributed by atoms with Crippen molar-refractivity contribution in [1.29, 1.82) is 0 Å². The zero-order chi connectivity index (χ0) is 15.7. The number of ether oxygens (including phenoxy) is 1. The van der Waals surface area contributed by atoms with Crippen molar-refractivity contribution >= 4 is 22.6 Å². The van der Waals surface area contributed by atoms with Gasteiger partial charge in [-0.05, 0) is 37.3 Å². The molecule has 0 bridgehead atoms. The number of nitrogens with one attached hydrogen (secondary N) is 1. The summed E-state index contributed by atoms with van der Waals surface area (Å²) in [4.78, 5) is 12.5. The Morgan fingerprint density at radius 3 is 2.73 bits per heavy atom. The molecule has 112 valence electrons. The van der Waals surface area contributed by atoms with Gasteiger partial charge in [0, 0.05) is 5.39 Å². The van der Waals surface area contributed by atoms with E-state index in [4.69, 9.17) is 9.15 Å². The summed E-state index contributed by atoms with van der Waals surface area (Å²) in [5.41, 5.74) is 1.08. The number of hydrogen-bond donors (Lipinski definition) is 1. The molecule has 0 saturated carbocycles. The second kappa shape index (κ2) is 5.52. The van der Waals surface area contributed by atoms with Crippen molar-refractivity contribution in [3.05, 3.63) is 59.6 Å². The van der Waals surface area contributed by atoms with Crippen LogP contribution >= 0.6 is 0 Å². The highest BCUT2D eigenvalue weighted by atomic mass is 19.1. The molecule has 1 N–H and O–H groups in total. The van der Waals surface area contributed by atoms with Crippen molar-refractivity contribution in [3.8, 4) is 5.75 Å². The lowest BCUT2D eigenvalue weighted by molar-refractivity contribution is 0.102. The molecule has 0 radical (unpaired) electrons. The lowest BCUT2D eigenvalue weighted by Gasteiger charge is -2.06. The molecule has 3 rings (SSSR count). The van der Waals surface area contributed by atoms with Crippen LogP contribution in [0.15, 0.2) is 46.9 Å². The molecule has 22 heavy (non-hydrogen) atoms. The first kappa shape index (κ1) is 14.1. The number of halogens is 1. The molecule has 0 aliphatic rings. The average Bonchev–Trinajstić information content (AvgIpc) is 2.84. The highest BCUT2D eigenvalue weighted by Gasteiger charge is 2.19. The molecular formula is C17H14FNO3. The Hall–Kier alpha value is -2.82. The van der Waals surface area contributed by atoms with Gasteiger partial charge in [-0.1, -0.05) is 12.1 Å². The standard InChI is InChI=1S/C17H14FNO3/c1-10-16(12-9-11(21-2)7-8-15(12)22-10)17(20)19-14-6-4-3-5-13(14)18/h3-9H,1-2H3,(H,19,20). The Labute approximate surface area is 126 Å². The fraction of sp³-hybridized carbons (Fsp3) is 0.118. The second-order valence-electron chi connectivity index (χ2n) is 4.83. The summed E-state index contributed by atoms with van der Waals surface area (Å²) in [6.45, 7) is 1.70. The van der Waals surface area contributed by atoms with Crippen molar-refractivity contribution in [2.45, 2.75) is 6.92 Å². The predicted molar refractivity (Wildman–Crippen MR) is 81.9 cm³/mol. The Morgan fingerprint density at radius 2 is 2.00 bits per heavy atom. The van der Waals surface area contributed by atoms with Gasteiger partial charge in [-0.3, -0.25) is 4.79 Å². The third-order valence-corrected chi connectivity index (χ3v) is 3.42. The number of aryl methyl sites for hydroxylation is 1. The number of furan rings is 1. The molecule has 1 heterocycles. The molecule has 0 aliphatic heterocycles. The lowest BCUT2D eigenvalue weighted by Crippen LogP contribution is -2.13. The van der Waals surface area contributed by atoms with E-state index in [0.717, 1.165) is 0 Å². The predicted octanol–water partition coefficient (Wildman–Crippen LogP) is 4.14. The maximum absolute atomic E-state index is 13.7. The van der Waals surface area contributed by atoms with Crippen molar-refractivity contribution < 1.29 is 18.3 Å². The van der Waals surface area contributed by atoms with E-state index in [9.17, 15) is 9.18 Å². The highest BCUT2D eigenvalue weighted by Crippen LogP contribution is 2.29. The normalized spacial score (nSPS) is 10.7. The Morgan fingerprint density at radius 1 is 1.23 bits per heavy atom. The molecule has 0 fully saturated rings. The van der Waals surface area contributed by atoms with E-state index in [-0.39, 0.29) is 5.69 Å². The van der Waals surface area contributed by atoms with Crippen LogP contribution < -0.4 is 10.1 Å². The van der Waals surface area contributed by atoms with E-state index in [1.165, 1.54) is 12.1 Å². The first-order chi connectivity index (χ1) is 10.6. The van der Waals surface area contributed by atoms with Gasteiger partial charge in [0.1, 0.15) is 22.9 Å². The van der Waals surface area contributed by atoms with Gasteiger partial charge >= 0.3 is 0 Å².